The highest BCUT2D eigenvalue weighted by molar-refractivity contribution is 9.10. The largest absolute Gasteiger partial charge is 0.504 e. The highest BCUT2D eigenvalue weighted by Gasteiger charge is 2.17. The molecule has 0 saturated carbocycles. The number of hydrogen-bond acceptors (Lipinski definition) is 6. The van der Waals surface area contributed by atoms with Crippen molar-refractivity contribution in [2.24, 2.45) is 4.99 Å². The van der Waals surface area contributed by atoms with E-state index < -0.39 is 16.4 Å². The van der Waals surface area contributed by atoms with Gasteiger partial charge < -0.3 is 10.2 Å². The lowest BCUT2D eigenvalue weighted by molar-refractivity contribution is -0.385. The molecule has 0 saturated heterocycles. The predicted octanol–water partition coefficient (Wildman–Crippen LogP) is 2.91. The lowest BCUT2D eigenvalue weighted by Gasteiger charge is -2.02. The third-order valence-corrected chi connectivity index (χ3v) is 2.83. The number of benzene rings is 1. The summed E-state index contributed by atoms with van der Waals surface area (Å²) in [5.74, 6) is -0.584. The van der Waals surface area contributed by atoms with E-state index in [1.54, 1.807) is 0 Å². The zero-order chi connectivity index (χ0) is 14.7. The van der Waals surface area contributed by atoms with Crippen LogP contribution in [-0.2, 0) is 0 Å². The second-order valence-corrected chi connectivity index (χ2v) is 4.64. The maximum absolute atomic E-state index is 10.8. The SMILES string of the molecule is O=[N+]([O-])c1cc(Br)cc(/C=N/c2ncccc2O)c1O. The summed E-state index contributed by atoms with van der Waals surface area (Å²) in [4.78, 5) is 17.8. The lowest BCUT2D eigenvalue weighted by atomic mass is 10.2. The number of aromatic hydroxyl groups is 2. The fraction of sp³-hybridized carbons (Fsp3) is 0. The Kier molecular flexibility index (Phi) is 3.94. The normalized spacial score (nSPS) is 10.8. The zero-order valence-corrected chi connectivity index (χ0v) is 11.5. The molecule has 1 heterocycles. The Morgan fingerprint density at radius 1 is 1.40 bits per heavy atom. The van der Waals surface area contributed by atoms with Crippen molar-refractivity contribution in [3.05, 3.63) is 50.6 Å². The maximum Gasteiger partial charge on any atom is 0.312 e. The number of phenols is 1. The monoisotopic (exact) mass is 337 g/mol. The Morgan fingerprint density at radius 3 is 2.80 bits per heavy atom. The van der Waals surface area contributed by atoms with Crippen LogP contribution in [0.4, 0.5) is 11.5 Å². The van der Waals surface area contributed by atoms with Crippen molar-refractivity contribution < 1.29 is 15.1 Å². The van der Waals surface area contributed by atoms with E-state index in [9.17, 15) is 20.3 Å². The number of pyridine rings is 1. The van der Waals surface area contributed by atoms with Crippen LogP contribution in [0.25, 0.3) is 0 Å². The van der Waals surface area contributed by atoms with E-state index in [0.717, 1.165) is 0 Å². The van der Waals surface area contributed by atoms with Gasteiger partial charge in [-0.2, -0.15) is 0 Å². The molecule has 0 spiro atoms. The molecule has 102 valence electrons. The molecule has 0 aliphatic carbocycles. The molecule has 0 bridgehead atoms. The van der Waals surface area contributed by atoms with Crippen molar-refractivity contribution >= 4 is 33.6 Å². The number of rotatable bonds is 3. The van der Waals surface area contributed by atoms with Gasteiger partial charge in [-0.25, -0.2) is 9.98 Å². The van der Waals surface area contributed by atoms with Crippen LogP contribution in [0.2, 0.25) is 0 Å². The van der Waals surface area contributed by atoms with Crippen LogP contribution in [0.5, 0.6) is 11.5 Å². The molecule has 0 unspecified atom stereocenters. The van der Waals surface area contributed by atoms with E-state index in [0.29, 0.717) is 4.47 Å². The van der Waals surface area contributed by atoms with Gasteiger partial charge in [0.1, 0.15) is 0 Å². The number of halogens is 1. The van der Waals surface area contributed by atoms with Crippen molar-refractivity contribution in [3.8, 4) is 11.5 Å². The number of nitro groups is 1. The van der Waals surface area contributed by atoms with Gasteiger partial charge in [0.15, 0.2) is 11.6 Å². The highest BCUT2D eigenvalue weighted by atomic mass is 79.9. The molecule has 0 atom stereocenters. The van der Waals surface area contributed by atoms with Gasteiger partial charge in [-0.1, -0.05) is 15.9 Å². The topological polar surface area (TPSA) is 109 Å². The van der Waals surface area contributed by atoms with Gasteiger partial charge in [0, 0.05) is 28.5 Å². The van der Waals surface area contributed by atoms with E-state index in [1.165, 1.54) is 36.7 Å². The number of nitro benzene ring substituents is 1. The Bertz CT molecular complexity index is 703. The first-order valence-electron chi connectivity index (χ1n) is 5.34. The van der Waals surface area contributed by atoms with Crippen molar-refractivity contribution in [1.29, 1.82) is 0 Å². The van der Waals surface area contributed by atoms with Crippen molar-refractivity contribution in [3.63, 3.8) is 0 Å². The summed E-state index contributed by atoms with van der Waals surface area (Å²) in [6, 6.07) is 5.59. The summed E-state index contributed by atoms with van der Waals surface area (Å²) >= 11 is 3.11. The van der Waals surface area contributed by atoms with Gasteiger partial charge in [-0.15, -0.1) is 0 Å². The van der Waals surface area contributed by atoms with Crippen molar-refractivity contribution in [1.82, 2.24) is 4.98 Å². The van der Waals surface area contributed by atoms with Gasteiger partial charge in [0.2, 0.25) is 5.75 Å². The van der Waals surface area contributed by atoms with E-state index in [4.69, 9.17) is 0 Å². The molecule has 0 fully saturated rings. The molecule has 2 rings (SSSR count). The average Bonchev–Trinajstić information content (AvgIpc) is 2.40. The zero-order valence-electron chi connectivity index (χ0n) is 9.89. The van der Waals surface area contributed by atoms with E-state index >= 15 is 0 Å². The first-order valence-corrected chi connectivity index (χ1v) is 6.13. The molecular formula is C12H8BrN3O4. The summed E-state index contributed by atoms with van der Waals surface area (Å²) in [5, 5.41) is 30.1. The van der Waals surface area contributed by atoms with Gasteiger partial charge in [-0.05, 0) is 18.2 Å². The van der Waals surface area contributed by atoms with Crippen LogP contribution in [0.15, 0.2) is 39.9 Å². The second kappa shape index (κ2) is 5.66. The molecule has 0 aliphatic rings. The molecule has 1 aromatic carbocycles. The van der Waals surface area contributed by atoms with Gasteiger partial charge in [0.05, 0.1) is 4.92 Å². The van der Waals surface area contributed by atoms with Crippen molar-refractivity contribution in [2.45, 2.75) is 0 Å². The minimum absolute atomic E-state index is 0.0505. The van der Waals surface area contributed by atoms with E-state index in [-0.39, 0.29) is 17.1 Å². The number of phenolic OH excluding ortho intramolecular Hbond substituents is 1. The quantitative estimate of drug-likeness (QED) is 0.508. The molecular weight excluding hydrogens is 330 g/mol. The molecule has 0 aliphatic heterocycles. The molecule has 0 amide bonds. The summed E-state index contributed by atoms with van der Waals surface area (Å²) in [6.45, 7) is 0. The maximum atomic E-state index is 10.8. The summed E-state index contributed by atoms with van der Waals surface area (Å²) in [6.07, 6.45) is 2.63. The Morgan fingerprint density at radius 2 is 2.15 bits per heavy atom. The lowest BCUT2D eigenvalue weighted by Crippen LogP contribution is -1.92. The predicted molar refractivity (Wildman–Crippen MR) is 75.6 cm³/mol. The van der Waals surface area contributed by atoms with Crippen molar-refractivity contribution in [2.75, 3.05) is 0 Å². The Balaban J connectivity index is 2.44. The minimum atomic E-state index is -0.699. The summed E-state index contributed by atoms with van der Waals surface area (Å²) < 4.78 is 0.425. The van der Waals surface area contributed by atoms with E-state index in [2.05, 4.69) is 25.9 Å². The van der Waals surface area contributed by atoms with Crippen LogP contribution < -0.4 is 0 Å². The second-order valence-electron chi connectivity index (χ2n) is 3.72. The van der Waals surface area contributed by atoms with Crippen LogP contribution >= 0.6 is 15.9 Å². The Labute approximate surface area is 121 Å². The van der Waals surface area contributed by atoms with Crippen LogP contribution in [0.1, 0.15) is 5.56 Å². The first kappa shape index (κ1) is 13.9. The van der Waals surface area contributed by atoms with Gasteiger partial charge >= 0.3 is 5.69 Å². The smallest absolute Gasteiger partial charge is 0.312 e. The van der Waals surface area contributed by atoms with Gasteiger partial charge in [0.25, 0.3) is 0 Å². The fourth-order valence-electron chi connectivity index (χ4n) is 1.46. The molecule has 1 aromatic heterocycles. The standard InChI is InChI=1S/C12H8BrN3O4/c13-8-4-7(11(18)9(5-8)16(19)20)6-15-12-10(17)2-1-3-14-12/h1-6,17-18H/b15-6+. The third kappa shape index (κ3) is 2.91. The van der Waals surface area contributed by atoms with Crippen LogP contribution in [-0.4, -0.2) is 26.3 Å². The molecule has 0 radical (unpaired) electrons. The number of hydrogen-bond donors (Lipinski definition) is 2. The van der Waals surface area contributed by atoms with Gasteiger partial charge in [-0.3, -0.25) is 10.1 Å². The molecule has 2 aromatic rings. The van der Waals surface area contributed by atoms with E-state index in [1.807, 2.05) is 0 Å². The minimum Gasteiger partial charge on any atom is -0.504 e. The Hall–Kier alpha value is -2.48. The average molecular weight is 338 g/mol. The number of aromatic nitrogens is 1. The molecule has 2 N–H and O–H groups in total. The molecule has 20 heavy (non-hydrogen) atoms. The fourth-order valence-corrected chi connectivity index (χ4v) is 1.93. The third-order valence-electron chi connectivity index (χ3n) is 2.37. The molecule has 7 nitrogen and oxygen atoms in total. The highest BCUT2D eigenvalue weighted by Crippen LogP contribution is 2.33. The van der Waals surface area contributed by atoms with Crippen LogP contribution in [0, 0.1) is 10.1 Å². The summed E-state index contributed by atoms with van der Waals surface area (Å²) in [7, 11) is 0. The molecule has 8 heteroatoms. The van der Waals surface area contributed by atoms with Crippen LogP contribution in [0.3, 0.4) is 0 Å². The summed E-state index contributed by atoms with van der Waals surface area (Å²) in [5.41, 5.74) is -0.304. The number of nitrogens with zero attached hydrogens (tertiary/aromatic N) is 3. The number of aliphatic imine (C=N–C) groups is 1. The first-order chi connectivity index (χ1) is 9.49.